The second-order valence-corrected chi connectivity index (χ2v) is 7.38. The van der Waals surface area contributed by atoms with Crippen molar-refractivity contribution in [2.45, 2.75) is 52.7 Å². The number of cyclic esters (lactones) is 1. The van der Waals surface area contributed by atoms with Gasteiger partial charge < -0.3 is 14.4 Å². The number of halogens is 1. The lowest BCUT2D eigenvalue weighted by Gasteiger charge is -2.32. The fourth-order valence-electron chi connectivity index (χ4n) is 3.63. The van der Waals surface area contributed by atoms with Crippen LogP contribution >= 0.6 is 0 Å². The Morgan fingerprint density at radius 1 is 1.24 bits per heavy atom. The molecule has 0 fully saturated rings. The molecule has 1 aromatic heterocycles. The Morgan fingerprint density at radius 3 is 2.55 bits per heavy atom. The molecule has 0 saturated carbocycles. The first-order valence-corrected chi connectivity index (χ1v) is 9.61. The topological polar surface area (TPSA) is 80.9 Å². The summed E-state index contributed by atoms with van der Waals surface area (Å²) in [6.45, 7) is 6.89. The average Bonchev–Trinajstić information content (AvgIpc) is 2.69. The predicted octanol–water partition coefficient (Wildman–Crippen LogP) is 3.33. The highest BCUT2D eigenvalue weighted by atomic mass is 19.1. The highest BCUT2D eigenvalue weighted by molar-refractivity contribution is 6.01. The van der Waals surface area contributed by atoms with Crippen molar-refractivity contribution in [2.24, 2.45) is 12.0 Å². The van der Waals surface area contributed by atoms with E-state index < -0.39 is 11.6 Å². The first kappa shape index (κ1) is 20.9. The van der Waals surface area contributed by atoms with Crippen LogP contribution in [0.2, 0.25) is 0 Å². The smallest absolute Gasteiger partial charge is 0.343 e. The van der Waals surface area contributed by atoms with Crippen molar-refractivity contribution >= 4 is 17.4 Å². The summed E-state index contributed by atoms with van der Waals surface area (Å²) in [7, 11) is 1.60. The number of aromatic nitrogens is 1. The van der Waals surface area contributed by atoms with Crippen LogP contribution < -0.4 is 5.56 Å². The normalized spacial score (nSPS) is 19.1. The number of nitrogens with zero attached hydrogens (tertiary/aromatic N) is 2. The number of carbonyl (C=O) groups is 1. The van der Waals surface area contributed by atoms with Gasteiger partial charge >= 0.3 is 5.97 Å². The lowest BCUT2D eigenvalue weighted by atomic mass is 9.85. The van der Waals surface area contributed by atoms with Gasteiger partial charge in [0.1, 0.15) is 12.4 Å². The maximum atomic E-state index is 14.1. The summed E-state index contributed by atoms with van der Waals surface area (Å²) in [4.78, 5) is 29.7. The molecular weight excluding hydrogens is 375 g/mol. The number of rotatable bonds is 4. The van der Waals surface area contributed by atoms with Gasteiger partial charge in [-0.05, 0) is 43.9 Å². The van der Waals surface area contributed by atoms with E-state index in [2.05, 4.69) is 4.99 Å². The van der Waals surface area contributed by atoms with E-state index in [1.54, 1.807) is 33.0 Å². The van der Waals surface area contributed by atoms with Crippen molar-refractivity contribution in [3.63, 3.8) is 0 Å². The number of fused-ring (bicyclic) bond motifs is 1. The molecule has 0 radical (unpaired) electrons. The molecule has 2 aromatic rings. The van der Waals surface area contributed by atoms with Crippen molar-refractivity contribution in [3.8, 4) is 0 Å². The Hall–Kier alpha value is -2.80. The minimum Gasteiger partial charge on any atom is -0.458 e. The Kier molecular flexibility index (Phi) is 5.45. The lowest BCUT2D eigenvalue weighted by Crippen LogP contribution is -2.45. The van der Waals surface area contributed by atoms with Crippen LogP contribution in [0.3, 0.4) is 0 Å². The van der Waals surface area contributed by atoms with Gasteiger partial charge in [0.05, 0.1) is 22.7 Å². The van der Waals surface area contributed by atoms with E-state index in [4.69, 9.17) is 4.74 Å². The van der Waals surface area contributed by atoms with Gasteiger partial charge in [0.25, 0.3) is 5.56 Å². The van der Waals surface area contributed by atoms with Crippen LogP contribution in [0.25, 0.3) is 0 Å². The molecule has 0 unspecified atom stereocenters. The molecule has 1 aromatic carbocycles. The molecule has 0 amide bonds. The van der Waals surface area contributed by atoms with E-state index in [0.717, 1.165) is 5.56 Å². The standard InChI is InChI=1S/C22H25FN2O4/c1-6-17(24-18-10-16(23)12(3)8-13(18)4)19-9-15-14(20(26)25(19)5)11-29-21(27)22(15,28)7-2/h8-10,28H,6-7,11H2,1-5H3/b24-17+/t22-/m0/s1. The third-order valence-electron chi connectivity index (χ3n) is 5.54. The molecule has 1 atom stereocenters. The van der Waals surface area contributed by atoms with Crippen molar-refractivity contribution in [3.05, 3.63) is 62.3 Å². The molecule has 0 spiro atoms. The van der Waals surface area contributed by atoms with Gasteiger partial charge in [-0.1, -0.05) is 19.9 Å². The number of hydrogen-bond acceptors (Lipinski definition) is 5. The van der Waals surface area contributed by atoms with Crippen LogP contribution in [0.4, 0.5) is 10.1 Å². The molecule has 6 nitrogen and oxygen atoms in total. The lowest BCUT2D eigenvalue weighted by molar-refractivity contribution is -0.172. The van der Waals surface area contributed by atoms with Crippen molar-refractivity contribution < 1.29 is 19.0 Å². The van der Waals surface area contributed by atoms with Crippen LogP contribution in [0.1, 0.15) is 54.6 Å². The van der Waals surface area contributed by atoms with E-state index in [1.165, 1.54) is 10.6 Å². The van der Waals surface area contributed by atoms with Crippen molar-refractivity contribution in [2.75, 3.05) is 0 Å². The summed E-state index contributed by atoms with van der Waals surface area (Å²) in [5.74, 6) is -1.12. The largest absolute Gasteiger partial charge is 0.458 e. The molecule has 0 saturated heterocycles. The molecule has 3 rings (SSSR count). The molecule has 7 heteroatoms. The van der Waals surface area contributed by atoms with E-state index in [0.29, 0.717) is 29.1 Å². The number of benzene rings is 1. The van der Waals surface area contributed by atoms with Crippen LogP contribution in [0.15, 0.2) is 28.0 Å². The van der Waals surface area contributed by atoms with Crippen LogP contribution in [-0.4, -0.2) is 21.4 Å². The van der Waals surface area contributed by atoms with Crippen LogP contribution in [-0.2, 0) is 28.8 Å². The number of ether oxygens (including phenoxy) is 1. The first-order valence-electron chi connectivity index (χ1n) is 9.61. The molecule has 29 heavy (non-hydrogen) atoms. The van der Waals surface area contributed by atoms with Gasteiger partial charge in [-0.3, -0.25) is 9.79 Å². The van der Waals surface area contributed by atoms with E-state index in [1.807, 2.05) is 13.8 Å². The summed E-state index contributed by atoms with van der Waals surface area (Å²) in [5.41, 5.74) is 1.12. The van der Waals surface area contributed by atoms with Crippen LogP contribution in [0.5, 0.6) is 0 Å². The summed E-state index contributed by atoms with van der Waals surface area (Å²) >= 11 is 0. The first-order chi connectivity index (χ1) is 13.6. The Balaban J connectivity index is 2.25. The zero-order valence-corrected chi connectivity index (χ0v) is 17.3. The van der Waals surface area contributed by atoms with Crippen molar-refractivity contribution in [1.29, 1.82) is 0 Å². The molecule has 1 aliphatic heterocycles. The third-order valence-corrected chi connectivity index (χ3v) is 5.54. The Labute approximate surface area is 168 Å². The van der Waals surface area contributed by atoms with Gasteiger partial charge in [-0.15, -0.1) is 0 Å². The summed E-state index contributed by atoms with van der Waals surface area (Å²) in [6.07, 6.45) is 0.544. The zero-order valence-electron chi connectivity index (χ0n) is 17.3. The van der Waals surface area contributed by atoms with Crippen LogP contribution in [0, 0.1) is 19.7 Å². The van der Waals surface area contributed by atoms with E-state index in [-0.39, 0.29) is 35.5 Å². The molecule has 2 heterocycles. The SMILES string of the molecule is CC/C(=N\c1cc(F)c(C)cc1C)c1cc2c(c(=O)n1C)COC(=O)[C@]2(O)CC. The monoisotopic (exact) mass is 400 g/mol. The summed E-state index contributed by atoms with van der Waals surface area (Å²) in [5, 5.41) is 10.9. The maximum Gasteiger partial charge on any atom is 0.343 e. The molecule has 154 valence electrons. The Bertz CT molecular complexity index is 1090. The average molecular weight is 400 g/mol. The molecule has 0 aliphatic carbocycles. The number of pyridine rings is 1. The molecule has 1 aliphatic rings. The minimum absolute atomic E-state index is 0.0757. The molecular formula is C22H25FN2O4. The molecule has 0 bridgehead atoms. The summed E-state index contributed by atoms with van der Waals surface area (Å²) in [6, 6.07) is 4.72. The summed E-state index contributed by atoms with van der Waals surface area (Å²) < 4.78 is 20.5. The number of hydrogen-bond donors (Lipinski definition) is 1. The molecule has 1 N–H and O–H groups in total. The highest BCUT2D eigenvalue weighted by Crippen LogP contribution is 2.34. The number of esters is 1. The van der Waals surface area contributed by atoms with Crippen molar-refractivity contribution in [1.82, 2.24) is 4.57 Å². The van der Waals surface area contributed by atoms with Gasteiger partial charge in [-0.2, -0.15) is 0 Å². The Morgan fingerprint density at radius 2 is 1.93 bits per heavy atom. The minimum atomic E-state index is -1.87. The van der Waals surface area contributed by atoms with E-state index in [9.17, 15) is 19.1 Å². The van der Waals surface area contributed by atoms with Gasteiger partial charge in [-0.25, -0.2) is 9.18 Å². The van der Waals surface area contributed by atoms with Gasteiger partial charge in [0.15, 0.2) is 5.60 Å². The fourth-order valence-corrected chi connectivity index (χ4v) is 3.63. The zero-order chi connectivity index (χ0) is 21.5. The number of aryl methyl sites for hydroxylation is 2. The maximum absolute atomic E-state index is 14.1. The predicted molar refractivity (Wildman–Crippen MR) is 108 cm³/mol. The third kappa shape index (κ3) is 3.40. The quantitative estimate of drug-likeness (QED) is 0.631. The second-order valence-electron chi connectivity index (χ2n) is 7.38. The highest BCUT2D eigenvalue weighted by Gasteiger charge is 2.44. The van der Waals surface area contributed by atoms with Gasteiger partial charge in [0.2, 0.25) is 0 Å². The van der Waals surface area contributed by atoms with Gasteiger partial charge in [0, 0.05) is 18.7 Å². The number of carbonyl (C=O) groups excluding carboxylic acids is 1. The fraction of sp³-hybridized carbons (Fsp3) is 0.409. The number of aliphatic hydroxyl groups is 1. The number of aliphatic imine (C=N–C) groups is 1. The van der Waals surface area contributed by atoms with E-state index >= 15 is 0 Å². The second kappa shape index (κ2) is 7.55.